The summed E-state index contributed by atoms with van der Waals surface area (Å²) in [5.74, 6) is -0.179. The van der Waals surface area contributed by atoms with Gasteiger partial charge in [-0.25, -0.2) is 0 Å². The van der Waals surface area contributed by atoms with Gasteiger partial charge in [-0.15, -0.1) is 0 Å². The Morgan fingerprint density at radius 1 is 1.04 bits per heavy atom. The number of aldehydes is 1. The van der Waals surface area contributed by atoms with Gasteiger partial charge in [0, 0.05) is 0 Å². The molecular weight excluding hydrogens is 310 g/mol. The van der Waals surface area contributed by atoms with Crippen molar-refractivity contribution in [3.63, 3.8) is 0 Å². The number of aliphatic hydroxyl groups excluding tert-OH is 5. The molecule has 0 heterocycles. The summed E-state index contributed by atoms with van der Waals surface area (Å²) in [5.41, 5.74) is 6.24. The van der Waals surface area contributed by atoms with Gasteiger partial charge in [0.25, 0.3) is 0 Å². The van der Waals surface area contributed by atoms with Crippen LogP contribution in [0, 0.1) is 0 Å². The zero-order valence-electron chi connectivity index (χ0n) is 12.4. The van der Waals surface area contributed by atoms with Crippen molar-refractivity contribution in [3.05, 3.63) is 23.8 Å². The molecule has 0 amide bonds. The largest absolute Gasteiger partial charge is 0.504 e. The topological polar surface area (TPSA) is 185 Å². The molecule has 0 spiro atoms. The van der Waals surface area contributed by atoms with Crippen LogP contribution in [-0.4, -0.2) is 79.6 Å². The van der Waals surface area contributed by atoms with Crippen LogP contribution in [-0.2, 0) is 11.2 Å². The summed E-state index contributed by atoms with van der Waals surface area (Å²) >= 11 is 0. The Kier molecular flexibility index (Phi) is 10.1. The average Bonchev–Trinajstić information content (AvgIpc) is 2.56. The van der Waals surface area contributed by atoms with Gasteiger partial charge in [-0.3, -0.25) is 0 Å². The van der Waals surface area contributed by atoms with Crippen molar-refractivity contribution in [2.45, 2.75) is 30.8 Å². The number of aromatic hydroxyl groups is 2. The standard InChI is InChI=1S/C8H11NO2.C6H12O6/c9-4-3-6-1-2-7(10)8(11)5-6;7-1-3(9)5(11)6(12)4(10)2-8/h1-2,5,10-11H,3-4,9H2;1,3-6,8-12H,2H2. The van der Waals surface area contributed by atoms with Crippen LogP contribution in [0.3, 0.4) is 0 Å². The van der Waals surface area contributed by atoms with E-state index in [1.807, 2.05) is 0 Å². The normalized spacial score (nSPS) is 15.7. The van der Waals surface area contributed by atoms with Crippen LogP contribution < -0.4 is 5.73 Å². The molecule has 1 aromatic carbocycles. The van der Waals surface area contributed by atoms with Crippen molar-refractivity contribution in [3.8, 4) is 11.5 Å². The first-order chi connectivity index (χ1) is 10.8. The maximum absolute atomic E-state index is 9.90. The lowest BCUT2D eigenvalue weighted by atomic mass is 10.0. The smallest absolute Gasteiger partial charge is 0.157 e. The number of benzene rings is 1. The van der Waals surface area contributed by atoms with Crippen molar-refractivity contribution in [1.82, 2.24) is 0 Å². The summed E-state index contributed by atoms with van der Waals surface area (Å²) in [5, 5.41) is 61.5. The van der Waals surface area contributed by atoms with E-state index in [-0.39, 0.29) is 17.8 Å². The molecule has 0 aromatic heterocycles. The Bertz CT molecular complexity index is 470. The first kappa shape index (κ1) is 21.2. The Labute approximate surface area is 132 Å². The summed E-state index contributed by atoms with van der Waals surface area (Å²) in [6.07, 6.45) is -6.12. The Morgan fingerprint density at radius 2 is 1.65 bits per heavy atom. The summed E-state index contributed by atoms with van der Waals surface area (Å²) in [7, 11) is 0. The molecule has 0 aliphatic carbocycles. The van der Waals surface area contributed by atoms with Gasteiger partial charge in [-0.1, -0.05) is 6.07 Å². The average molecular weight is 333 g/mol. The quantitative estimate of drug-likeness (QED) is 0.193. The Balaban J connectivity index is 0.000000422. The maximum atomic E-state index is 9.90. The lowest BCUT2D eigenvalue weighted by molar-refractivity contribution is -0.136. The maximum Gasteiger partial charge on any atom is 0.157 e. The first-order valence-electron chi connectivity index (χ1n) is 6.77. The monoisotopic (exact) mass is 333 g/mol. The highest BCUT2D eigenvalue weighted by atomic mass is 16.4. The van der Waals surface area contributed by atoms with Crippen LogP contribution in [0.25, 0.3) is 0 Å². The van der Waals surface area contributed by atoms with E-state index in [2.05, 4.69) is 0 Å². The third kappa shape index (κ3) is 7.37. The van der Waals surface area contributed by atoms with Crippen molar-refractivity contribution in [1.29, 1.82) is 0 Å². The molecule has 0 aliphatic heterocycles. The number of carbonyl (C=O) groups excluding carboxylic acids is 1. The van der Waals surface area contributed by atoms with Crippen molar-refractivity contribution >= 4 is 6.29 Å². The molecule has 0 saturated carbocycles. The van der Waals surface area contributed by atoms with Gasteiger partial charge in [0.15, 0.2) is 17.8 Å². The lowest BCUT2D eigenvalue weighted by Crippen LogP contribution is -2.46. The minimum atomic E-state index is -1.79. The number of aliphatic hydroxyl groups is 5. The van der Waals surface area contributed by atoms with Gasteiger partial charge in [0.1, 0.15) is 24.4 Å². The van der Waals surface area contributed by atoms with Crippen LogP contribution in [0.1, 0.15) is 5.56 Å². The van der Waals surface area contributed by atoms with E-state index in [0.717, 1.165) is 5.56 Å². The second-order valence-electron chi connectivity index (χ2n) is 4.72. The molecule has 23 heavy (non-hydrogen) atoms. The molecule has 9 nitrogen and oxygen atoms in total. The second kappa shape index (κ2) is 10.9. The second-order valence-corrected chi connectivity index (χ2v) is 4.72. The third-order valence-corrected chi connectivity index (χ3v) is 2.89. The van der Waals surface area contributed by atoms with E-state index in [0.29, 0.717) is 13.0 Å². The van der Waals surface area contributed by atoms with E-state index in [4.69, 9.17) is 41.5 Å². The highest BCUT2D eigenvalue weighted by Crippen LogP contribution is 2.24. The summed E-state index contributed by atoms with van der Waals surface area (Å²) < 4.78 is 0. The van der Waals surface area contributed by atoms with Crippen LogP contribution >= 0.6 is 0 Å². The van der Waals surface area contributed by atoms with Gasteiger partial charge in [0.2, 0.25) is 0 Å². The fraction of sp³-hybridized carbons (Fsp3) is 0.500. The Morgan fingerprint density at radius 3 is 2.09 bits per heavy atom. The summed E-state index contributed by atoms with van der Waals surface area (Å²) in [6, 6.07) is 4.71. The molecule has 0 saturated heterocycles. The fourth-order valence-corrected chi connectivity index (χ4v) is 1.51. The minimum Gasteiger partial charge on any atom is -0.504 e. The SMILES string of the molecule is NCCc1ccc(O)c(O)c1.O=CC(O)C(O)C(O)C(O)CO. The third-order valence-electron chi connectivity index (χ3n) is 2.89. The van der Waals surface area contributed by atoms with E-state index >= 15 is 0 Å². The summed E-state index contributed by atoms with van der Waals surface area (Å²) in [6.45, 7) is -0.214. The van der Waals surface area contributed by atoms with Gasteiger partial charge < -0.3 is 46.3 Å². The zero-order valence-corrected chi connectivity index (χ0v) is 12.4. The van der Waals surface area contributed by atoms with Crippen molar-refractivity contribution < 1.29 is 40.5 Å². The molecule has 1 rings (SSSR count). The molecule has 9 heteroatoms. The van der Waals surface area contributed by atoms with Crippen LogP contribution in [0.4, 0.5) is 0 Å². The van der Waals surface area contributed by atoms with E-state index in [1.54, 1.807) is 6.07 Å². The van der Waals surface area contributed by atoms with Crippen LogP contribution in [0.5, 0.6) is 11.5 Å². The zero-order chi connectivity index (χ0) is 18.0. The predicted octanol–water partition coefficient (Wildman–Crippen LogP) is -2.78. The number of phenols is 2. The Hall–Kier alpha value is -1.75. The number of nitrogens with two attached hydrogens (primary N) is 1. The molecule has 132 valence electrons. The van der Waals surface area contributed by atoms with Gasteiger partial charge >= 0.3 is 0 Å². The first-order valence-corrected chi connectivity index (χ1v) is 6.77. The molecule has 4 unspecified atom stereocenters. The minimum absolute atomic E-state index is 0.0258. The molecule has 0 aliphatic rings. The summed E-state index contributed by atoms with van der Waals surface area (Å²) in [4.78, 5) is 9.90. The highest BCUT2D eigenvalue weighted by Gasteiger charge is 2.29. The van der Waals surface area contributed by atoms with E-state index in [1.165, 1.54) is 12.1 Å². The van der Waals surface area contributed by atoms with Gasteiger partial charge in [-0.2, -0.15) is 0 Å². The predicted molar refractivity (Wildman–Crippen MR) is 79.7 cm³/mol. The van der Waals surface area contributed by atoms with Gasteiger partial charge in [0.05, 0.1) is 6.61 Å². The number of rotatable bonds is 7. The number of hydrogen-bond acceptors (Lipinski definition) is 9. The molecule has 0 bridgehead atoms. The number of hydrogen-bond donors (Lipinski definition) is 8. The molecule has 0 fully saturated rings. The molecule has 0 radical (unpaired) electrons. The number of carbonyl (C=O) groups is 1. The lowest BCUT2D eigenvalue weighted by Gasteiger charge is -2.22. The number of phenolic OH excluding ortho intramolecular Hbond substituents is 2. The van der Waals surface area contributed by atoms with E-state index in [9.17, 15) is 4.79 Å². The van der Waals surface area contributed by atoms with Crippen LogP contribution in [0.15, 0.2) is 18.2 Å². The van der Waals surface area contributed by atoms with Gasteiger partial charge in [-0.05, 0) is 30.7 Å². The van der Waals surface area contributed by atoms with E-state index < -0.39 is 31.0 Å². The molecule has 9 N–H and O–H groups in total. The highest BCUT2D eigenvalue weighted by molar-refractivity contribution is 5.56. The fourth-order valence-electron chi connectivity index (χ4n) is 1.51. The molecular formula is C14H23NO8. The molecule has 4 atom stereocenters. The van der Waals surface area contributed by atoms with Crippen molar-refractivity contribution in [2.75, 3.05) is 13.2 Å². The molecule has 1 aromatic rings. The van der Waals surface area contributed by atoms with Crippen LogP contribution in [0.2, 0.25) is 0 Å². The van der Waals surface area contributed by atoms with Crippen molar-refractivity contribution in [2.24, 2.45) is 5.73 Å².